The monoisotopic (exact) mass is 303 g/mol. The van der Waals surface area contributed by atoms with Crippen LogP contribution in [0.5, 0.6) is 0 Å². The maximum absolute atomic E-state index is 13.4. The van der Waals surface area contributed by atoms with Gasteiger partial charge < -0.3 is 10.6 Å². The molecule has 0 atom stereocenters. The fraction of sp³-hybridized carbons (Fsp3) is 0.133. The van der Waals surface area contributed by atoms with Gasteiger partial charge in [-0.15, -0.1) is 0 Å². The van der Waals surface area contributed by atoms with Crippen molar-refractivity contribution < 1.29 is 14.1 Å². The molecule has 0 heterocycles. The van der Waals surface area contributed by atoms with Crippen molar-refractivity contribution in [2.24, 2.45) is 0 Å². The molecule has 2 N–H and O–H groups in total. The van der Waals surface area contributed by atoms with Gasteiger partial charge >= 0.3 is 0 Å². The molecule has 0 aliphatic heterocycles. The summed E-state index contributed by atoms with van der Waals surface area (Å²) in [5, 5.41) is 16.0. The highest BCUT2D eigenvalue weighted by Gasteiger charge is 2.07. The van der Waals surface area contributed by atoms with E-state index in [-0.39, 0.29) is 30.5 Å². The van der Waals surface area contributed by atoms with E-state index in [1.165, 1.54) is 24.3 Å². The molecule has 0 aliphatic carbocycles. The number of hydrogen-bond donors (Lipinski definition) is 2. The average molecular weight is 303 g/mol. The molecule has 0 radical (unpaired) electrons. The van der Waals surface area contributed by atoms with Gasteiger partial charge in [0.25, 0.3) is 5.69 Å². The topological polar surface area (TPSA) is 84.3 Å². The zero-order chi connectivity index (χ0) is 15.9. The van der Waals surface area contributed by atoms with E-state index in [4.69, 9.17) is 0 Å². The van der Waals surface area contributed by atoms with Crippen LogP contribution in [0.1, 0.15) is 5.56 Å². The lowest BCUT2D eigenvalue weighted by Crippen LogP contribution is -2.29. The molecule has 6 nitrogen and oxygen atoms in total. The lowest BCUT2D eigenvalue weighted by Gasteiger charge is -2.08. The normalized spacial score (nSPS) is 10.0. The number of benzene rings is 2. The average Bonchev–Trinajstić information content (AvgIpc) is 2.52. The number of hydrogen-bond acceptors (Lipinski definition) is 4. The Morgan fingerprint density at radius 1 is 1.18 bits per heavy atom. The van der Waals surface area contributed by atoms with E-state index < -0.39 is 4.92 Å². The van der Waals surface area contributed by atoms with Gasteiger partial charge in [-0.25, -0.2) is 4.39 Å². The number of carbonyl (C=O) groups excluding carboxylic acids is 1. The van der Waals surface area contributed by atoms with Crippen LogP contribution >= 0.6 is 0 Å². The molecule has 0 bridgehead atoms. The Morgan fingerprint density at radius 3 is 2.68 bits per heavy atom. The molecule has 2 aromatic carbocycles. The molecule has 0 aliphatic rings. The molecule has 22 heavy (non-hydrogen) atoms. The quantitative estimate of drug-likeness (QED) is 0.634. The Balaban J connectivity index is 1.84. The van der Waals surface area contributed by atoms with Gasteiger partial charge in [-0.2, -0.15) is 0 Å². The van der Waals surface area contributed by atoms with Crippen LogP contribution in [-0.4, -0.2) is 17.4 Å². The third-order valence-electron chi connectivity index (χ3n) is 2.94. The second-order valence-corrected chi connectivity index (χ2v) is 4.53. The van der Waals surface area contributed by atoms with Gasteiger partial charge in [0.15, 0.2) is 0 Å². The molecule has 0 spiro atoms. The zero-order valence-electron chi connectivity index (χ0n) is 11.6. The minimum absolute atomic E-state index is 0.0586. The zero-order valence-corrected chi connectivity index (χ0v) is 11.6. The predicted octanol–water partition coefficient (Wildman–Crippen LogP) is 2.46. The number of carbonyl (C=O) groups is 1. The van der Waals surface area contributed by atoms with E-state index in [2.05, 4.69) is 10.6 Å². The third-order valence-corrected chi connectivity index (χ3v) is 2.94. The van der Waals surface area contributed by atoms with Gasteiger partial charge in [-0.05, 0) is 12.1 Å². The molecule has 0 fully saturated rings. The number of rotatable bonds is 6. The van der Waals surface area contributed by atoms with E-state index in [0.717, 1.165) is 0 Å². The van der Waals surface area contributed by atoms with Crippen LogP contribution in [0.3, 0.4) is 0 Å². The van der Waals surface area contributed by atoms with Crippen molar-refractivity contribution in [2.75, 3.05) is 11.9 Å². The molecule has 1 amide bonds. The second-order valence-electron chi connectivity index (χ2n) is 4.53. The van der Waals surface area contributed by atoms with Crippen LogP contribution in [0.15, 0.2) is 48.5 Å². The Kier molecular flexibility index (Phi) is 5.02. The second kappa shape index (κ2) is 7.16. The minimum Gasteiger partial charge on any atom is -0.376 e. The molecule has 0 aromatic heterocycles. The largest absolute Gasteiger partial charge is 0.376 e. The van der Waals surface area contributed by atoms with Gasteiger partial charge in [0, 0.05) is 29.9 Å². The van der Waals surface area contributed by atoms with E-state index in [9.17, 15) is 19.3 Å². The van der Waals surface area contributed by atoms with E-state index in [1.807, 2.05) is 0 Å². The number of anilines is 1. The third kappa shape index (κ3) is 4.27. The first-order valence-electron chi connectivity index (χ1n) is 6.54. The molecule has 7 heteroatoms. The summed E-state index contributed by atoms with van der Waals surface area (Å²) in [7, 11) is 0. The number of nitrogens with zero attached hydrogens (tertiary/aromatic N) is 1. The molecule has 0 unspecified atom stereocenters. The van der Waals surface area contributed by atoms with Crippen molar-refractivity contribution in [1.29, 1.82) is 0 Å². The van der Waals surface area contributed by atoms with Crippen molar-refractivity contribution in [1.82, 2.24) is 5.32 Å². The first kappa shape index (κ1) is 15.4. The fourth-order valence-corrected chi connectivity index (χ4v) is 1.81. The summed E-state index contributed by atoms with van der Waals surface area (Å²) in [5.41, 5.74) is 0.804. The summed E-state index contributed by atoms with van der Waals surface area (Å²) in [6.45, 7) is 0.0255. The van der Waals surface area contributed by atoms with Gasteiger partial charge in [0.1, 0.15) is 5.82 Å². The lowest BCUT2D eigenvalue weighted by molar-refractivity contribution is -0.384. The number of nitrogens with one attached hydrogen (secondary N) is 2. The van der Waals surface area contributed by atoms with E-state index >= 15 is 0 Å². The van der Waals surface area contributed by atoms with Gasteiger partial charge in [0.05, 0.1) is 11.5 Å². The van der Waals surface area contributed by atoms with Gasteiger partial charge in [-0.1, -0.05) is 24.3 Å². The Labute approximate surface area is 126 Å². The lowest BCUT2D eigenvalue weighted by atomic mass is 10.2. The number of nitro groups is 1. The van der Waals surface area contributed by atoms with Crippen LogP contribution in [0.4, 0.5) is 15.8 Å². The Morgan fingerprint density at radius 2 is 1.95 bits per heavy atom. The van der Waals surface area contributed by atoms with Crippen molar-refractivity contribution >= 4 is 17.3 Å². The highest BCUT2D eigenvalue weighted by molar-refractivity contribution is 5.80. The Bertz CT molecular complexity index is 691. The molecule has 0 saturated carbocycles. The van der Waals surface area contributed by atoms with Crippen molar-refractivity contribution in [2.45, 2.75) is 6.54 Å². The maximum atomic E-state index is 13.4. The smallest absolute Gasteiger partial charge is 0.271 e. The maximum Gasteiger partial charge on any atom is 0.271 e. The first-order chi connectivity index (χ1) is 10.6. The number of halogens is 1. The summed E-state index contributed by atoms with van der Waals surface area (Å²) in [5.74, 6) is -0.718. The van der Waals surface area contributed by atoms with Crippen LogP contribution in [0.25, 0.3) is 0 Å². The molecule has 114 valence electrons. The van der Waals surface area contributed by atoms with Crippen molar-refractivity contribution in [3.63, 3.8) is 0 Å². The van der Waals surface area contributed by atoms with Crippen LogP contribution in [0.2, 0.25) is 0 Å². The molecular weight excluding hydrogens is 289 g/mol. The standard InChI is InChI=1S/C15H14FN3O3/c16-14-7-2-1-4-11(14)9-18-15(20)10-17-12-5-3-6-13(8-12)19(21)22/h1-8,17H,9-10H2,(H,18,20). The summed E-state index contributed by atoms with van der Waals surface area (Å²) < 4.78 is 13.4. The predicted molar refractivity (Wildman–Crippen MR) is 79.8 cm³/mol. The molecule has 0 saturated heterocycles. The van der Waals surface area contributed by atoms with Crippen LogP contribution < -0.4 is 10.6 Å². The molecule has 2 rings (SSSR count). The Hall–Kier alpha value is -2.96. The van der Waals surface area contributed by atoms with Crippen molar-refractivity contribution in [3.05, 3.63) is 70.0 Å². The number of amides is 1. The van der Waals surface area contributed by atoms with Crippen LogP contribution in [0, 0.1) is 15.9 Å². The number of non-ortho nitro benzene ring substituents is 1. The number of nitro benzene ring substituents is 1. The SMILES string of the molecule is O=C(CNc1cccc([N+](=O)[O-])c1)NCc1ccccc1F. The van der Waals surface area contributed by atoms with Gasteiger partial charge in [0.2, 0.25) is 5.91 Å². The summed E-state index contributed by atoms with van der Waals surface area (Å²) in [6.07, 6.45) is 0. The summed E-state index contributed by atoms with van der Waals surface area (Å²) in [4.78, 5) is 21.8. The van der Waals surface area contributed by atoms with Crippen molar-refractivity contribution in [3.8, 4) is 0 Å². The van der Waals surface area contributed by atoms with E-state index in [0.29, 0.717) is 11.3 Å². The van der Waals surface area contributed by atoms with Gasteiger partial charge in [-0.3, -0.25) is 14.9 Å². The molecular formula is C15H14FN3O3. The van der Waals surface area contributed by atoms with E-state index in [1.54, 1.807) is 24.3 Å². The molecule has 2 aromatic rings. The minimum atomic E-state index is -0.510. The summed E-state index contributed by atoms with van der Waals surface area (Å²) in [6, 6.07) is 12.0. The summed E-state index contributed by atoms with van der Waals surface area (Å²) >= 11 is 0. The highest BCUT2D eigenvalue weighted by Crippen LogP contribution is 2.16. The highest BCUT2D eigenvalue weighted by atomic mass is 19.1. The first-order valence-corrected chi connectivity index (χ1v) is 6.54. The van der Waals surface area contributed by atoms with Crippen LogP contribution in [-0.2, 0) is 11.3 Å². The fourth-order valence-electron chi connectivity index (χ4n) is 1.81.